The highest BCUT2D eigenvalue weighted by Gasteiger charge is 2.33. The summed E-state index contributed by atoms with van der Waals surface area (Å²) in [7, 11) is 0. The van der Waals surface area contributed by atoms with Gasteiger partial charge < -0.3 is 15.1 Å². The molecule has 4 rings (SSSR count). The van der Waals surface area contributed by atoms with Crippen molar-refractivity contribution in [1.82, 2.24) is 9.88 Å². The monoisotopic (exact) mass is 524 g/mol. The van der Waals surface area contributed by atoms with Gasteiger partial charge >= 0.3 is 6.18 Å². The number of nitrogens with zero attached hydrogens (tertiary/aromatic N) is 3. The molecule has 1 N–H and O–H groups in total. The number of alkyl halides is 3. The lowest BCUT2D eigenvalue weighted by atomic mass is 9.91. The molecule has 198 valence electrons. The summed E-state index contributed by atoms with van der Waals surface area (Å²) in [5, 5.41) is 3.92. The number of hydrogen-bond donors (Lipinski definition) is 1. The summed E-state index contributed by atoms with van der Waals surface area (Å²) in [5.41, 5.74) is 0.732. The number of hydrogen-bond acceptors (Lipinski definition) is 4. The van der Waals surface area contributed by atoms with E-state index in [1.807, 2.05) is 17.0 Å². The summed E-state index contributed by atoms with van der Waals surface area (Å²) in [6, 6.07) is 10.6. The molecule has 0 saturated carbocycles. The number of benzene rings is 1. The molecule has 0 atom stereocenters. The van der Waals surface area contributed by atoms with Crippen molar-refractivity contribution in [2.24, 2.45) is 5.92 Å². The third kappa shape index (κ3) is 7.76. The Bertz CT molecular complexity index is 970. The molecule has 9 heteroatoms. The van der Waals surface area contributed by atoms with Gasteiger partial charge in [-0.2, -0.15) is 13.2 Å². The predicted octanol–water partition coefficient (Wildman–Crippen LogP) is 6.88. The molecular weight excluding hydrogens is 489 g/mol. The Morgan fingerprint density at radius 3 is 2.33 bits per heavy atom. The molecule has 36 heavy (non-hydrogen) atoms. The van der Waals surface area contributed by atoms with E-state index in [4.69, 9.17) is 11.6 Å². The smallest absolute Gasteiger partial charge is 0.382 e. The average Bonchev–Trinajstić information content (AvgIpc) is 2.85. The van der Waals surface area contributed by atoms with E-state index in [1.165, 1.54) is 11.9 Å². The average molecular weight is 525 g/mol. The van der Waals surface area contributed by atoms with Crippen molar-refractivity contribution in [3.63, 3.8) is 0 Å². The van der Waals surface area contributed by atoms with Crippen LogP contribution in [0.25, 0.3) is 0 Å². The number of likely N-dealkylation sites (tertiary alicyclic amines) is 1. The minimum absolute atomic E-state index is 0. The third-order valence-corrected chi connectivity index (χ3v) is 7.33. The first kappa shape index (κ1) is 28.1. The van der Waals surface area contributed by atoms with Gasteiger partial charge in [-0.05, 0) is 80.8 Å². The molecule has 0 bridgehead atoms. The lowest BCUT2D eigenvalue weighted by Crippen LogP contribution is -2.42. The lowest BCUT2D eigenvalue weighted by molar-refractivity contribution is -0.141. The number of piperidine rings is 2. The van der Waals surface area contributed by atoms with Crippen LogP contribution in [0.1, 0.15) is 58.1 Å². The number of anilines is 2. The van der Waals surface area contributed by atoms with Crippen molar-refractivity contribution in [3.8, 4) is 0 Å². The molecule has 2 aliphatic heterocycles. The van der Waals surface area contributed by atoms with Gasteiger partial charge in [0.1, 0.15) is 5.69 Å². The van der Waals surface area contributed by atoms with Crippen molar-refractivity contribution < 1.29 is 18.0 Å². The molecular formula is C27H36ClF3N4O. The zero-order chi connectivity index (χ0) is 24.8. The van der Waals surface area contributed by atoms with Crippen molar-refractivity contribution in [2.45, 2.75) is 64.6 Å². The maximum Gasteiger partial charge on any atom is 0.433 e. The highest BCUT2D eigenvalue weighted by Crippen LogP contribution is 2.30. The quantitative estimate of drug-likeness (QED) is 0.429. The molecule has 0 radical (unpaired) electrons. The van der Waals surface area contributed by atoms with Gasteiger partial charge in [0.2, 0.25) is 5.91 Å². The first-order chi connectivity index (χ1) is 16.8. The van der Waals surface area contributed by atoms with Crippen LogP contribution < -0.4 is 10.2 Å². The van der Waals surface area contributed by atoms with Crippen LogP contribution in [-0.4, -0.2) is 48.0 Å². The summed E-state index contributed by atoms with van der Waals surface area (Å²) in [5.74, 6) is 0.841. The Labute approximate surface area is 217 Å². The van der Waals surface area contributed by atoms with Gasteiger partial charge in [-0.3, -0.25) is 9.78 Å². The Hall–Kier alpha value is -2.48. The fourth-order valence-electron chi connectivity index (χ4n) is 5.02. The first-order valence-corrected chi connectivity index (χ1v) is 12.7. The van der Waals surface area contributed by atoms with E-state index in [2.05, 4.69) is 27.3 Å². The number of pyridine rings is 1. The fraction of sp³-hybridized carbons (Fsp3) is 0.556. The minimum atomic E-state index is -4.46. The zero-order valence-corrected chi connectivity index (χ0v) is 20.5. The highest BCUT2D eigenvalue weighted by molar-refractivity contribution is 6.30. The maximum absolute atomic E-state index is 12.9. The first-order valence-electron chi connectivity index (χ1n) is 12.4. The Morgan fingerprint density at radius 1 is 1.03 bits per heavy atom. The van der Waals surface area contributed by atoms with Gasteiger partial charge in [0.15, 0.2) is 0 Å². The largest absolute Gasteiger partial charge is 0.433 e. The Balaban J connectivity index is 0.00000361. The van der Waals surface area contributed by atoms with Gasteiger partial charge in [-0.1, -0.05) is 19.0 Å². The van der Waals surface area contributed by atoms with E-state index < -0.39 is 11.9 Å². The van der Waals surface area contributed by atoms with E-state index in [-0.39, 0.29) is 19.4 Å². The third-order valence-electron chi connectivity index (χ3n) is 7.08. The number of nitrogens with one attached hydrogen (secondary N) is 1. The maximum atomic E-state index is 12.9. The number of amides is 1. The summed E-state index contributed by atoms with van der Waals surface area (Å²) in [6.45, 7) is 3.33. The minimum Gasteiger partial charge on any atom is -0.382 e. The van der Waals surface area contributed by atoms with Gasteiger partial charge in [-0.25, -0.2) is 0 Å². The molecule has 2 fully saturated rings. The Morgan fingerprint density at radius 2 is 1.69 bits per heavy atom. The van der Waals surface area contributed by atoms with E-state index in [0.29, 0.717) is 31.1 Å². The molecule has 5 nitrogen and oxygen atoms in total. The van der Waals surface area contributed by atoms with E-state index >= 15 is 0 Å². The second kappa shape index (κ2) is 12.7. The molecule has 0 unspecified atom stereocenters. The van der Waals surface area contributed by atoms with Gasteiger partial charge in [0.05, 0.1) is 0 Å². The van der Waals surface area contributed by atoms with Gasteiger partial charge in [0.25, 0.3) is 0 Å². The number of rotatable bonds is 7. The molecule has 0 aliphatic carbocycles. The number of halogens is 4. The molecule has 2 saturated heterocycles. The van der Waals surface area contributed by atoms with E-state index in [1.54, 1.807) is 6.07 Å². The highest BCUT2D eigenvalue weighted by atomic mass is 35.5. The lowest BCUT2D eigenvalue weighted by Gasteiger charge is -2.34. The van der Waals surface area contributed by atoms with Crippen LogP contribution >= 0.6 is 11.6 Å². The van der Waals surface area contributed by atoms with Crippen LogP contribution in [0.15, 0.2) is 42.6 Å². The molecule has 1 amide bonds. The molecule has 2 aliphatic rings. The zero-order valence-electron chi connectivity index (χ0n) is 19.7. The van der Waals surface area contributed by atoms with Crippen LogP contribution in [0.2, 0.25) is 5.02 Å². The second-order valence-corrected chi connectivity index (χ2v) is 9.96. The van der Waals surface area contributed by atoms with Crippen LogP contribution in [0.5, 0.6) is 0 Å². The summed E-state index contributed by atoms with van der Waals surface area (Å²) < 4.78 is 38.6. The van der Waals surface area contributed by atoms with E-state index in [0.717, 1.165) is 62.7 Å². The number of aromatic nitrogens is 1. The predicted molar refractivity (Wildman–Crippen MR) is 139 cm³/mol. The van der Waals surface area contributed by atoms with Crippen LogP contribution in [-0.2, 0) is 11.0 Å². The van der Waals surface area contributed by atoms with E-state index in [9.17, 15) is 18.0 Å². The van der Waals surface area contributed by atoms with Gasteiger partial charge in [-0.15, -0.1) is 0 Å². The van der Waals surface area contributed by atoms with Crippen molar-refractivity contribution in [3.05, 3.63) is 53.3 Å². The number of carbonyl (C=O) groups is 1. The van der Waals surface area contributed by atoms with Crippen molar-refractivity contribution >= 4 is 28.9 Å². The van der Waals surface area contributed by atoms with Crippen LogP contribution in [0.4, 0.5) is 24.5 Å². The number of carbonyl (C=O) groups excluding carboxylic acids is 1. The topological polar surface area (TPSA) is 48.5 Å². The summed E-state index contributed by atoms with van der Waals surface area (Å²) >= 11 is 5.98. The SMILES string of the molecule is C.O=C(CCCC1CCN(c2ccc(Cl)cc2)CC1)N1CCC(Nc2ccnc(C(F)(F)F)c2)CC1. The molecule has 1 aromatic carbocycles. The molecule has 2 aromatic rings. The summed E-state index contributed by atoms with van der Waals surface area (Å²) in [4.78, 5) is 20.4. The van der Waals surface area contributed by atoms with Crippen LogP contribution in [0, 0.1) is 5.92 Å². The molecule has 1 aromatic heterocycles. The van der Waals surface area contributed by atoms with Crippen LogP contribution in [0.3, 0.4) is 0 Å². The van der Waals surface area contributed by atoms with Gasteiger partial charge in [0, 0.05) is 61.2 Å². The Kier molecular flexibility index (Phi) is 9.88. The second-order valence-electron chi connectivity index (χ2n) is 9.53. The standard InChI is InChI=1S/C26H32ClF3N4O.CH4/c27-20-4-6-23(7-5-20)33-14-9-19(10-15-33)2-1-3-25(35)34-16-11-21(12-17-34)32-22-8-13-31-24(18-22)26(28,29)30;/h4-8,13,18-19,21H,1-3,9-12,14-17H2,(H,31,32);1H4. The van der Waals surface area contributed by atoms with Crippen molar-refractivity contribution in [1.29, 1.82) is 0 Å². The molecule has 0 spiro atoms. The fourth-order valence-corrected chi connectivity index (χ4v) is 5.14. The normalized spacial score (nSPS) is 17.6. The summed E-state index contributed by atoms with van der Waals surface area (Å²) in [6.07, 6.45) is 2.97. The molecule has 3 heterocycles. The van der Waals surface area contributed by atoms with Crippen molar-refractivity contribution in [2.75, 3.05) is 36.4 Å².